The molecule has 120 valence electrons. The summed E-state index contributed by atoms with van der Waals surface area (Å²) in [6.45, 7) is 4.43. The normalized spacial score (nSPS) is 30.4. The van der Waals surface area contributed by atoms with Crippen molar-refractivity contribution in [2.45, 2.75) is 31.3 Å². The van der Waals surface area contributed by atoms with Crippen LogP contribution in [0.4, 0.5) is 0 Å². The topological polar surface area (TPSA) is 3.01 Å². The van der Waals surface area contributed by atoms with E-state index < -0.39 is 0 Å². The zero-order valence-corrected chi connectivity index (χ0v) is 15.0. The third kappa shape index (κ3) is 1.29. The molecule has 1 fully saturated rings. The van der Waals surface area contributed by atoms with E-state index in [9.17, 15) is 0 Å². The molecule has 2 aromatic carbocycles. The molecule has 0 saturated carbocycles. The zero-order chi connectivity index (χ0) is 16.5. The summed E-state index contributed by atoms with van der Waals surface area (Å²) in [5.41, 5.74) is 7.56. The molecule has 1 spiro atoms. The Morgan fingerprint density at radius 1 is 1.00 bits per heavy atom. The molecule has 1 nitrogen and oxygen atoms in total. The summed E-state index contributed by atoms with van der Waals surface area (Å²) in [6, 6.07) is 12.3. The zero-order valence-electron chi connectivity index (χ0n) is 14.2. The van der Waals surface area contributed by atoms with E-state index in [1.54, 1.807) is 5.56 Å². The third-order valence-electron chi connectivity index (χ3n) is 6.58. The van der Waals surface area contributed by atoms with Crippen LogP contribution in [0.2, 0.25) is 0 Å². The van der Waals surface area contributed by atoms with Gasteiger partial charge in [-0.1, -0.05) is 35.9 Å². The van der Waals surface area contributed by atoms with Crippen molar-refractivity contribution in [3.05, 3.63) is 82.6 Å². The maximum Gasteiger partial charge on any atom is 0.109 e. The largest absolute Gasteiger partial charge is 0.346 e. The van der Waals surface area contributed by atoms with Crippen molar-refractivity contribution in [2.24, 2.45) is 0 Å². The maximum absolute atomic E-state index is 2.64. The number of aryl methyl sites for hydroxylation is 1. The minimum absolute atomic E-state index is 0.215. The molecule has 2 heteroatoms. The number of nitrogens with zero attached hydrogens (tertiary/aromatic N) is 1. The Hall–Kier alpha value is -2.32. The Labute approximate surface area is 150 Å². The molecular formula is C23H17NS. The van der Waals surface area contributed by atoms with Crippen molar-refractivity contribution in [1.29, 1.82) is 0 Å². The van der Waals surface area contributed by atoms with Crippen LogP contribution in [0.15, 0.2) is 65.9 Å². The molecule has 4 heterocycles. The molecule has 4 aliphatic rings. The second-order valence-corrected chi connectivity index (χ2v) is 9.08. The lowest BCUT2D eigenvalue weighted by Crippen LogP contribution is -2.37. The van der Waals surface area contributed by atoms with Crippen LogP contribution < -0.4 is 0 Å². The predicted molar refractivity (Wildman–Crippen MR) is 105 cm³/mol. The van der Waals surface area contributed by atoms with Crippen LogP contribution in [0.25, 0.3) is 20.2 Å². The Kier molecular flexibility index (Phi) is 1.95. The maximum atomic E-state index is 2.64. The molecule has 1 saturated heterocycles. The molecule has 0 N–H and O–H groups in total. The average molecular weight is 339 g/mol. The van der Waals surface area contributed by atoms with Crippen molar-refractivity contribution < 1.29 is 0 Å². The molecule has 0 amide bonds. The molecule has 3 aromatic rings. The summed E-state index contributed by atoms with van der Waals surface area (Å²) in [5, 5.41) is 2.84. The van der Waals surface area contributed by atoms with E-state index in [0.717, 1.165) is 0 Å². The molecule has 3 aliphatic heterocycles. The Bertz CT molecular complexity index is 1240. The first-order chi connectivity index (χ1) is 12.2. The number of allylic oxidation sites excluding steroid dienone is 2. The van der Waals surface area contributed by atoms with Crippen molar-refractivity contribution in [3.63, 3.8) is 0 Å². The minimum Gasteiger partial charge on any atom is -0.346 e. The van der Waals surface area contributed by atoms with Gasteiger partial charge in [-0.15, -0.1) is 11.3 Å². The summed E-state index contributed by atoms with van der Waals surface area (Å²) in [4.78, 5) is 2.64. The average Bonchev–Trinajstić information content (AvgIpc) is 3.13. The highest BCUT2D eigenvalue weighted by atomic mass is 32.1. The quantitative estimate of drug-likeness (QED) is 0.360. The predicted octanol–water partition coefficient (Wildman–Crippen LogP) is 5.97. The number of benzene rings is 2. The smallest absolute Gasteiger partial charge is 0.109 e. The summed E-state index contributed by atoms with van der Waals surface area (Å²) in [5.74, 6) is 0.542. The van der Waals surface area contributed by atoms with Gasteiger partial charge in [-0.2, -0.15) is 0 Å². The van der Waals surface area contributed by atoms with Crippen molar-refractivity contribution >= 4 is 31.5 Å². The van der Waals surface area contributed by atoms with E-state index >= 15 is 0 Å². The van der Waals surface area contributed by atoms with Crippen LogP contribution in [-0.2, 0) is 0 Å². The van der Waals surface area contributed by atoms with E-state index in [0.29, 0.717) is 12.0 Å². The molecule has 3 unspecified atom stereocenters. The van der Waals surface area contributed by atoms with Crippen LogP contribution in [0.1, 0.15) is 35.6 Å². The van der Waals surface area contributed by atoms with Crippen molar-refractivity contribution in [1.82, 2.24) is 4.90 Å². The number of thiophene rings is 1. The second-order valence-electron chi connectivity index (χ2n) is 8.00. The third-order valence-corrected chi connectivity index (χ3v) is 7.70. The number of fused-ring (bicyclic) bond motifs is 6. The fourth-order valence-electron chi connectivity index (χ4n) is 5.37. The molecule has 1 aliphatic carbocycles. The Morgan fingerprint density at radius 3 is 2.72 bits per heavy atom. The highest BCUT2D eigenvalue weighted by Gasteiger charge is 2.69. The van der Waals surface area contributed by atoms with Gasteiger partial charge in [0, 0.05) is 31.8 Å². The molecule has 25 heavy (non-hydrogen) atoms. The number of hydrogen-bond donors (Lipinski definition) is 0. The molecule has 3 atom stereocenters. The van der Waals surface area contributed by atoms with Crippen LogP contribution >= 0.6 is 11.3 Å². The first-order valence-corrected chi connectivity index (χ1v) is 9.84. The fraction of sp³-hybridized carbons (Fsp3) is 0.217. The minimum atomic E-state index is 0.215. The van der Waals surface area contributed by atoms with E-state index in [1.165, 1.54) is 42.6 Å². The van der Waals surface area contributed by atoms with Gasteiger partial charge in [0.05, 0.1) is 6.04 Å². The molecular weight excluding hydrogens is 322 g/mol. The van der Waals surface area contributed by atoms with E-state index in [-0.39, 0.29) is 5.54 Å². The summed E-state index contributed by atoms with van der Waals surface area (Å²) < 4.78 is 2.85. The van der Waals surface area contributed by atoms with Gasteiger partial charge < -0.3 is 4.90 Å². The van der Waals surface area contributed by atoms with E-state index in [1.807, 2.05) is 11.3 Å². The first kappa shape index (κ1) is 13.0. The fourth-order valence-corrected chi connectivity index (χ4v) is 6.61. The van der Waals surface area contributed by atoms with Gasteiger partial charge in [0.2, 0.25) is 0 Å². The van der Waals surface area contributed by atoms with Crippen LogP contribution in [0, 0.1) is 6.92 Å². The SMILES string of the molecule is CC1=CC2c3cc4c(cc3C3C=CC35C(=C1)N25)sc1cc(C)ccc14. The highest BCUT2D eigenvalue weighted by Crippen LogP contribution is 2.70. The monoisotopic (exact) mass is 339 g/mol. The Morgan fingerprint density at radius 2 is 1.88 bits per heavy atom. The van der Waals surface area contributed by atoms with Crippen LogP contribution in [-0.4, -0.2) is 10.4 Å². The van der Waals surface area contributed by atoms with Gasteiger partial charge in [-0.25, -0.2) is 0 Å². The standard InChI is InChI=1S/C23H17NS/c1-12-3-4-14-17-10-16-15(11-21(17)25-20(14)8-12)18-5-6-23(18)22-9-13(2)7-19(16)24(22)23/h3-11,18-19H,1-2H3. The lowest BCUT2D eigenvalue weighted by molar-refractivity contribution is 0.336. The molecule has 1 aromatic heterocycles. The van der Waals surface area contributed by atoms with E-state index in [2.05, 4.69) is 73.4 Å². The summed E-state index contributed by atoms with van der Waals surface area (Å²) in [7, 11) is 0. The lowest BCUT2D eigenvalue weighted by Gasteiger charge is -2.39. The van der Waals surface area contributed by atoms with Gasteiger partial charge in [0.1, 0.15) is 5.54 Å². The number of hydrogen-bond acceptors (Lipinski definition) is 2. The van der Waals surface area contributed by atoms with Gasteiger partial charge in [-0.3, -0.25) is 0 Å². The van der Waals surface area contributed by atoms with Gasteiger partial charge in [-0.05, 0) is 54.8 Å². The van der Waals surface area contributed by atoms with Gasteiger partial charge >= 0.3 is 0 Å². The highest BCUT2D eigenvalue weighted by molar-refractivity contribution is 7.25. The molecule has 7 rings (SSSR count). The van der Waals surface area contributed by atoms with Crippen molar-refractivity contribution in [3.8, 4) is 0 Å². The molecule has 0 bridgehead atoms. The Balaban J connectivity index is 1.58. The van der Waals surface area contributed by atoms with Crippen LogP contribution in [0.3, 0.4) is 0 Å². The van der Waals surface area contributed by atoms with Crippen LogP contribution in [0.5, 0.6) is 0 Å². The summed E-state index contributed by atoms with van der Waals surface area (Å²) >= 11 is 1.95. The van der Waals surface area contributed by atoms with Crippen molar-refractivity contribution in [2.75, 3.05) is 0 Å². The second kappa shape index (κ2) is 3.76. The lowest BCUT2D eigenvalue weighted by atomic mass is 9.71. The number of rotatable bonds is 0. The van der Waals surface area contributed by atoms with Gasteiger partial charge in [0.25, 0.3) is 0 Å². The van der Waals surface area contributed by atoms with Gasteiger partial charge in [0.15, 0.2) is 0 Å². The first-order valence-electron chi connectivity index (χ1n) is 9.03. The molecule has 0 radical (unpaired) electrons. The van der Waals surface area contributed by atoms with E-state index in [4.69, 9.17) is 0 Å². The summed E-state index contributed by atoms with van der Waals surface area (Å²) in [6.07, 6.45) is 9.67.